The summed E-state index contributed by atoms with van der Waals surface area (Å²) < 4.78 is 6.10. The van der Waals surface area contributed by atoms with E-state index in [2.05, 4.69) is 85.8 Å². The molecule has 0 aromatic heterocycles. The molecule has 0 aliphatic rings. The van der Waals surface area contributed by atoms with E-state index in [1.165, 1.54) is 38.2 Å². The van der Waals surface area contributed by atoms with Crippen molar-refractivity contribution in [1.29, 1.82) is 0 Å². The molecule has 25 heavy (non-hydrogen) atoms. The number of hydrogen-bond acceptors (Lipinski definition) is 1. The molecule has 0 aliphatic heterocycles. The van der Waals surface area contributed by atoms with E-state index in [1.807, 2.05) is 0 Å². The Labute approximate surface area is 148 Å². The minimum absolute atomic E-state index is 0.622. The van der Waals surface area contributed by atoms with Crippen LogP contribution < -0.4 is 0 Å². The van der Waals surface area contributed by atoms with Gasteiger partial charge in [0.1, 0.15) is 0 Å². The molecular weight excluding hydrogens is 304 g/mol. The second kappa shape index (κ2) is 7.08. The molecule has 0 N–H and O–H groups in total. The Bertz CT molecular complexity index is 945. The van der Waals surface area contributed by atoms with Crippen LogP contribution in [0.2, 0.25) is 0 Å². The van der Waals surface area contributed by atoms with Gasteiger partial charge in [0, 0.05) is 0 Å². The molecule has 4 aromatic rings. The first-order valence-corrected chi connectivity index (χ1v) is 8.90. The first kappa shape index (κ1) is 15.9. The molecule has 1 nitrogen and oxygen atoms in total. The normalized spacial score (nSPS) is 11.2. The van der Waals surface area contributed by atoms with Crippen molar-refractivity contribution in [2.75, 3.05) is 0 Å². The van der Waals surface area contributed by atoms with Gasteiger partial charge in [0.25, 0.3) is 0 Å². The van der Waals surface area contributed by atoms with Gasteiger partial charge in [-0.2, -0.15) is 0 Å². The van der Waals surface area contributed by atoms with E-state index in [4.69, 9.17) is 4.74 Å². The lowest BCUT2D eigenvalue weighted by Crippen LogP contribution is -1.97. The molecule has 124 valence electrons. The SMILES string of the molecule is CCc1ccc(COCc2c3ccccc3cc3ccccc23)cc1. The lowest BCUT2D eigenvalue weighted by atomic mass is 9.97. The molecule has 4 aromatic carbocycles. The highest BCUT2D eigenvalue weighted by Crippen LogP contribution is 2.29. The lowest BCUT2D eigenvalue weighted by Gasteiger charge is -2.12. The van der Waals surface area contributed by atoms with Crippen LogP contribution in [0.4, 0.5) is 0 Å². The van der Waals surface area contributed by atoms with Gasteiger partial charge < -0.3 is 4.74 Å². The number of aryl methyl sites for hydroxylation is 1. The van der Waals surface area contributed by atoms with Gasteiger partial charge in [-0.15, -0.1) is 0 Å². The van der Waals surface area contributed by atoms with E-state index in [1.54, 1.807) is 0 Å². The van der Waals surface area contributed by atoms with Crippen molar-refractivity contribution < 1.29 is 4.74 Å². The van der Waals surface area contributed by atoms with Crippen molar-refractivity contribution in [3.8, 4) is 0 Å². The van der Waals surface area contributed by atoms with Crippen molar-refractivity contribution in [3.05, 3.63) is 95.6 Å². The second-order valence-corrected chi connectivity index (χ2v) is 6.46. The average molecular weight is 326 g/mol. The summed E-state index contributed by atoms with van der Waals surface area (Å²) in [5.41, 5.74) is 3.87. The Hall–Kier alpha value is -2.64. The van der Waals surface area contributed by atoms with E-state index in [0.717, 1.165) is 6.42 Å². The van der Waals surface area contributed by atoms with Gasteiger partial charge in [-0.25, -0.2) is 0 Å². The molecule has 0 aliphatic carbocycles. The third-order valence-corrected chi connectivity index (χ3v) is 4.83. The maximum absolute atomic E-state index is 6.10. The topological polar surface area (TPSA) is 9.23 Å². The summed E-state index contributed by atoms with van der Waals surface area (Å²) in [5, 5.41) is 5.10. The van der Waals surface area contributed by atoms with Crippen LogP contribution in [0.15, 0.2) is 78.9 Å². The van der Waals surface area contributed by atoms with Crippen molar-refractivity contribution >= 4 is 21.5 Å². The van der Waals surface area contributed by atoms with Crippen LogP contribution in [-0.4, -0.2) is 0 Å². The summed E-state index contributed by atoms with van der Waals surface area (Å²) in [4.78, 5) is 0. The maximum Gasteiger partial charge on any atom is 0.0733 e. The van der Waals surface area contributed by atoms with Gasteiger partial charge in [-0.05, 0) is 50.7 Å². The summed E-state index contributed by atoms with van der Waals surface area (Å²) in [6, 6.07) is 28.1. The Balaban J connectivity index is 1.62. The Morgan fingerprint density at radius 3 is 1.80 bits per heavy atom. The predicted octanol–water partition coefficient (Wildman–Crippen LogP) is 6.27. The molecule has 4 rings (SSSR count). The lowest BCUT2D eigenvalue weighted by molar-refractivity contribution is 0.109. The second-order valence-electron chi connectivity index (χ2n) is 6.46. The molecule has 0 heterocycles. The third kappa shape index (κ3) is 3.29. The summed E-state index contributed by atoms with van der Waals surface area (Å²) in [7, 11) is 0. The molecular formula is C24H22O. The summed E-state index contributed by atoms with van der Waals surface area (Å²) in [6.07, 6.45) is 1.07. The molecule has 0 atom stereocenters. The van der Waals surface area contributed by atoms with Crippen LogP contribution in [0, 0.1) is 0 Å². The largest absolute Gasteiger partial charge is 0.372 e. The molecule has 0 fully saturated rings. The molecule has 1 heteroatoms. The molecule has 0 radical (unpaired) electrons. The fraction of sp³-hybridized carbons (Fsp3) is 0.167. The Morgan fingerprint density at radius 2 is 1.20 bits per heavy atom. The zero-order chi connectivity index (χ0) is 17.1. The van der Waals surface area contributed by atoms with Crippen LogP contribution in [0.3, 0.4) is 0 Å². The fourth-order valence-corrected chi connectivity index (χ4v) is 3.41. The Kier molecular flexibility index (Phi) is 4.49. The Morgan fingerprint density at radius 1 is 0.640 bits per heavy atom. The number of rotatable bonds is 5. The minimum Gasteiger partial charge on any atom is -0.372 e. The van der Waals surface area contributed by atoms with E-state index in [0.29, 0.717) is 13.2 Å². The monoisotopic (exact) mass is 326 g/mol. The molecule has 0 saturated heterocycles. The van der Waals surface area contributed by atoms with Gasteiger partial charge >= 0.3 is 0 Å². The van der Waals surface area contributed by atoms with E-state index < -0.39 is 0 Å². The van der Waals surface area contributed by atoms with Gasteiger partial charge in [0.05, 0.1) is 13.2 Å². The van der Waals surface area contributed by atoms with Gasteiger partial charge in [-0.1, -0.05) is 79.7 Å². The van der Waals surface area contributed by atoms with Gasteiger partial charge in [0.15, 0.2) is 0 Å². The van der Waals surface area contributed by atoms with Crippen molar-refractivity contribution in [2.24, 2.45) is 0 Å². The van der Waals surface area contributed by atoms with Gasteiger partial charge in [0.2, 0.25) is 0 Å². The first-order chi connectivity index (χ1) is 12.3. The fourth-order valence-electron chi connectivity index (χ4n) is 3.41. The van der Waals surface area contributed by atoms with Crippen LogP contribution in [0.5, 0.6) is 0 Å². The number of ether oxygens (including phenoxy) is 1. The highest BCUT2D eigenvalue weighted by Gasteiger charge is 2.07. The first-order valence-electron chi connectivity index (χ1n) is 8.90. The smallest absolute Gasteiger partial charge is 0.0733 e. The van der Waals surface area contributed by atoms with Crippen molar-refractivity contribution in [3.63, 3.8) is 0 Å². The number of fused-ring (bicyclic) bond motifs is 2. The number of benzene rings is 4. The quantitative estimate of drug-likeness (QED) is 0.393. The predicted molar refractivity (Wildman–Crippen MR) is 106 cm³/mol. The highest BCUT2D eigenvalue weighted by molar-refractivity contribution is 6.02. The molecule has 0 spiro atoms. The van der Waals surface area contributed by atoms with E-state index in [9.17, 15) is 0 Å². The van der Waals surface area contributed by atoms with Crippen LogP contribution in [-0.2, 0) is 24.4 Å². The van der Waals surface area contributed by atoms with Crippen molar-refractivity contribution in [1.82, 2.24) is 0 Å². The van der Waals surface area contributed by atoms with Gasteiger partial charge in [-0.3, -0.25) is 0 Å². The zero-order valence-corrected chi connectivity index (χ0v) is 14.5. The standard InChI is InChI=1S/C24H22O/c1-2-18-11-13-19(14-12-18)16-25-17-24-22-9-5-3-7-20(22)15-21-8-4-6-10-23(21)24/h3-15H,2,16-17H2,1H3. The summed E-state index contributed by atoms with van der Waals surface area (Å²) in [6.45, 7) is 3.44. The van der Waals surface area contributed by atoms with Crippen LogP contribution in [0.25, 0.3) is 21.5 Å². The molecule has 0 unspecified atom stereocenters. The zero-order valence-electron chi connectivity index (χ0n) is 14.5. The third-order valence-electron chi connectivity index (χ3n) is 4.83. The number of hydrogen-bond donors (Lipinski definition) is 0. The van der Waals surface area contributed by atoms with E-state index in [-0.39, 0.29) is 0 Å². The van der Waals surface area contributed by atoms with E-state index >= 15 is 0 Å². The summed E-state index contributed by atoms with van der Waals surface area (Å²) >= 11 is 0. The highest BCUT2D eigenvalue weighted by atomic mass is 16.5. The maximum atomic E-state index is 6.10. The minimum atomic E-state index is 0.622. The average Bonchev–Trinajstić information content (AvgIpc) is 2.68. The molecule has 0 amide bonds. The van der Waals surface area contributed by atoms with Crippen LogP contribution >= 0.6 is 0 Å². The molecule has 0 saturated carbocycles. The summed E-state index contributed by atoms with van der Waals surface area (Å²) in [5.74, 6) is 0. The van der Waals surface area contributed by atoms with Crippen molar-refractivity contribution in [2.45, 2.75) is 26.6 Å². The molecule has 0 bridgehead atoms. The van der Waals surface area contributed by atoms with Crippen LogP contribution in [0.1, 0.15) is 23.6 Å².